The highest BCUT2D eigenvalue weighted by molar-refractivity contribution is 5.62. The van der Waals surface area contributed by atoms with Crippen LogP contribution < -0.4 is 14.2 Å². The Morgan fingerprint density at radius 2 is 1.86 bits per heavy atom. The van der Waals surface area contributed by atoms with Crippen molar-refractivity contribution in [1.29, 1.82) is 0 Å². The van der Waals surface area contributed by atoms with E-state index in [2.05, 4.69) is 0 Å². The minimum Gasteiger partial charge on any atom is -0.474 e. The Morgan fingerprint density at radius 3 is 2.73 bits per heavy atom. The molecule has 0 N–H and O–H groups in total. The minimum atomic E-state index is -0.778. The summed E-state index contributed by atoms with van der Waals surface area (Å²) in [6.07, 6.45) is 0.771. The first-order chi connectivity index (χ1) is 10.7. The van der Waals surface area contributed by atoms with Crippen LogP contribution in [0.15, 0.2) is 48.2 Å². The molecule has 1 atom stereocenters. The van der Waals surface area contributed by atoms with Crippen LogP contribution in [0.4, 0.5) is 0 Å². The van der Waals surface area contributed by atoms with Crippen LogP contribution in [-0.2, 0) is 0 Å². The molecule has 0 radical (unpaired) electrons. The van der Waals surface area contributed by atoms with Gasteiger partial charge in [-0.25, -0.2) is 0 Å². The second-order valence-electron chi connectivity index (χ2n) is 4.97. The molecule has 0 amide bonds. The van der Waals surface area contributed by atoms with Crippen molar-refractivity contribution in [1.82, 2.24) is 0 Å². The summed E-state index contributed by atoms with van der Waals surface area (Å²) in [5, 5.41) is 11.4. The van der Waals surface area contributed by atoms with Crippen LogP contribution in [0.3, 0.4) is 0 Å². The summed E-state index contributed by atoms with van der Waals surface area (Å²) in [6, 6.07) is 12.4. The molecule has 2 aliphatic heterocycles. The number of para-hydroxylation sites is 1. The van der Waals surface area contributed by atoms with E-state index in [-0.39, 0.29) is 12.5 Å². The number of benzene rings is 2. The molecule has 6 nitrogen and oxygen atoms in total. The van der Waals surface area contributed by atoms with E-state index in [4.69, 9.17) is 14.2 Å². The maximum atomic E-state index is 11.4. The molecule has 22 heavy (non-hydrogen) atoms. The Bertz CT molecular complexity index is 799. The molecule has 0 spiro atoms. The predicted octanol–water partition coefficient (Wildman–Crippen LogP) is 3.17. The molecule has 0 aromatic heterocycles. The number of rotatable bonds is 2. The minimum absolute atomic E-state index is 0.00225. The van der Waals surface area contributed by atoms with E-state index in [1.54, 1.807) is 36.4 Å². The van der Waals surface area contributed by atoms with Gasteiger partial charge in [-0.15, -0.1) is 0 Å². The molecule has 2 aliphatic rings. The third-order valence-corrected chi connectivity index (χ3v) is 3.65. The fourth-order valence-electron chi connectivity index (χ4n) is 2.59. The highest BCUT2D eigenvalue weighted by atomic mass is 16.7. The van der Waals surface area contributed by atoms with Gasteiger partial charge >= 0.3 is 0 Å². The van der Waals surface area contributed by atoms with E-state index in [0.29, 0.717) is 28.4 Å². The van der Waals surface area contributed by atoms with Crippen molar-refractivity contribution in [3.63, 3.8) is 0 Å². The summed E-state index contributed by atoms with van der Waals surface area (Å²) < 4.78 is 16.4. The molecule has 6 heteroatoms. The number of nitro groups is 1. The zero-order valence-electron chi connectivity index (χ0n) is 11.4. The molecule has 0 aliphatic carbocycles. The topological polar surface area (TPSA) is 70.8 Å². The molecule has 0 bridgehead atoms. The molecule has 2 aromatic carbocycles. The van der Waals surface area contributed by atoms with Gasteiger partial charge in [-0.1, -0.05) is 24.3 Å². The first-order valence-corrected chi connectivity index (χ1v) is 6.73. The maximum absolute atomic E-state index is 11.4. The summed E-state index contributed by atoms with van der Waals surface area (Å²) in [4.78, 5) is 11.0. The summed E-state index contributed by atoms with van der Waals surface area (Å²) >= 11 is 0. The van der Waals surface area contributed by atoms with E-state index < -0.39 is 11.0 Å². The molecule has 0 fully saturated rings. The van der Waals surface area contributed by atoms with Gasteiger partial charge in [-0.05, 0) is 18.2 Å². The normalized spacial score (nSPS) is 18.2. The molecular formula is C16H11NO5. The number of ether oxygens (including phenoxy) is 3. The van der Waals surface area contributed by atoms with Gasteiger partial charge in [0.15, 0.2) is 11.5 Å². The summed E-state index contributed by atoms with van der Waals surface area (Å²) in [7, 11) is 0. The Hall–Kier alpha value is -3.02. The van der Waals surface area contributed by atoms with Crippen molar-refractivity contribution in [2.24, 2.45) is 0 Å². The fourth-order valence-corrected chi connectivity index (χ4v) is 2.59. The Balaban J connectivity index is 1.79. The molecule has 110 valence electrons. The van der Waals surface area contributed by atoms with E-state index in [9.17, 15) is 10.1 Å². The highest BCUT2D eigenvalue weighted by Gasteiger charge is 2.34. The average molecular weight is 297 g/mol. The number of hydrogen-bond donors (Lipinski definition) is 0. The molecule has 0 saturated carbocycles. The predicted molar refractivity (Wildman–Crippen MR) is 77.3 cm³/mol. The number of nitrogens with zero attached hydrogens (tertiary/aromatic N) is 1. The maximum Gasteiger partial charge on any atom is 0.291 e. The lowest BCUT2D eigenvalue weighted by atomic mass is 10.0. The van der Waals surface area contributed by atoms with Crippen LogP contribution >= 0.6 is 0 Å². The molecule has 4 rings (SSSR count). The largest absolute Gasteiger partial charge is 0.474 e. The van der Waals surface area contributed by atoms with Crippen molar-refractivity contribution < 1.29 is 19.1 Å². The smallest absolute Gasteiger partial charge is 0.291 e. The lowest BCUT2D eigenvalue weighted by Crippen LogP contribution is -2.19. The van der Waals surface area contributed by atoms with Crippen molar-refractivity contribution in [2.75, 3.05) is 6.79 Å². The van der Waals surface area contributed by atoms with Gasteiger partial charge in [-0.3, -0.25) is 10.1 Å². The van der Waals surface area contributed by atoms with Gasteiger partial charge in [-0.2, -0.15) is 0 Å². The number of fused-ring (bicyclic) bond motifs is 2. The second kappa shape index (κ2) is 4.77. The lowest BCUT2D eigenvalue weighted by Gasteiger charge is -2.22. The van der Waals surface area contributed by atoms with E-state index in [0.717, 1.165) is 0 Å². The van der Waals surface area contributed by atoms with E-state index in [1.165, 1.54) is 0 Å². The number of hydrogen-bond acceptors (Lipinski definition) is 5. The van der Waals surface area contributed by atoms with Crippen LogP contribution in [0.2, 0.25) is 0 Å². The molecule has 2 aromatic rings. The zero-order valence-corrected chi connectivity index (χ0v) is 11.4. The standard InChI is InChI=1S/C16H11NO5/c18-17(19)12-7-10-3-1-2-4-13(10)22-16(12)11-5-6-14-15(8-11)21-9-20-14/h1-8,16H,9H2/t16-/m1/s1. The van der Waals surface area contributed by atoms with Gasteiger partial charge in [0.05, 0.1) is 4.92 Å². The SMILES string of the molecule is O=[N+]([O-])C1=Cc2ccccc2O[C@@H]1c1ccc2c(c1)OCO2. The third-order valence-electron chi connectivity index (χ3n) is 3.65. The summed E-state index contributed by atoms with van der Waals surface area (Å²) in [5.41, 5.74) is 1.35. The third kappa shape index (κ3) is 1.96. The molecule has 0 unspecified atom stereocenters. The van der Waals surface area contributed by atoms with Crippen LogP contribution in [-0.4, -0.2) is 11.7 Å². The van der Waals surface area contributed by atoms with E-state index >= 15 is 0 Å². The first kappa shape index (κ1) is 12.7. The van der Waals surface area contributed by atoms with Gasteiger partial charge in [0.25, 0.3) is 5.70 Å². The Morgan fingerprint density at radius 1 is 1.05 bits per heavy atom. The Kier molecular flexibility index (Phi) is 2.75. The molecule has 0 saturated heterocycles. The molecule has 2 heterocycles. The monoisotopic (exact) mass is 297 g/mol. The quantitative estimate of drug-likeness (QED) is 0.629. The van der Waals surface area contributed by atoms with Crippen molar-refractivity contribution in [3.8, 4) is 17.2 Å². The van der Waals surface area contributed by atoms with Crippen LogP contribution in [0.25, 0.3) is 6.08 Å². The highest BCUT2D eigenvalue weighted by Crippen LogP contribution is 2.41. The zero-order chi connectivity index (χ0) is 15.1. The van der Waals surface area contributed by atoms with Gasteiger partial charge in [0, 0.05) is 17.2 Å². The van der Waals surface area contributed by atoms with Crippen LogP contribution in [0.1, 0.15) is 17.2 Å². The van der Waals surface area contributed by atoms with Crippen molar-refractivity contribution in [2.45, 2.75) is 6.10 Å². The lowest BCUT2D eigenvalue weighted by molar-refractivity contribution is -0.434. The van der Waals surface area contributed by atoms with E-state index in [1.807, 2.05) is 12.1 Å². The summed E-state index contributed by atoms with van der Waals surface area (Å²) in [6.45, 7) is 0.158. The van der Waals surface area contributed by atoms with Crippen molar-refractivity contribution >= 4 is 6.08 Å². The van der Waals surface area contributed by atoms with Crippen LogP contribution in [0, 0.1) is 10.1 Å². The fraction of sp³-hybridized carbons (Fsp3) is 0.125. The van der Waals surface area contributed by atoms with Gasteiger partial charge in [0.1, 0.15) is 5.75 Å². The van der Waals surface area contributed by atoms with Crippen LogP contribution in [0.5, 0.6) is 17.2 Å². The first-order valence-electron chi connectivity index (χ1n) is 6.73. The Labute approximate surface area is 125 Å². The molecular weight excluding hydrogens is 286 g/mol. The second-order valence-corrected chi connectivity index (χ2v) is 4.97. The average Bonchev–Trinajstić information content (AvgIpc) is 3.01. The van der Waals surface area contributed by atoms with Gasteiger partial charge in [0.2, 0.25) is 12.9 Å². The van der Waals surface area contributed by atoms with Crippen molar-refractivity contribution in [3.05, 3.63) is 69.4 Å². The summed E-state index contributed by atoms with van der Waals surface area (Å²) in [5.74, 6) is 1.82. The van der Waals surface area contributed by atoms with Gasteiger partial charge < -0.3 is 14.2 Å².